The average molecular weight is 1690 g/mol. The van der Waals surface area contributed by atoms with E-state index in [1.165, 1.54) is 103 Å². The highest BCUT2D eigenvalue weighted by Crippen LogP contribution is 2.50. The van der Waals surface area contributed by atoms with Crippen LogP contribution in [0.15, 0.2) is 243 Å². The first-order chi connectivity index (χ1) is 60.1. The van der Waals surface area contributed by atoms with E-state index in [4.69, 9.17) is 65.9 Å². The predicted molar refractivity (Wildman–Crippen MR) is 477 cm³/mol. The molecule has 122 heavy (non-hydrogen) atoms. The van der Waals surface area contributed by atoms with Crippen LogP contribution in [0.25, 0.3) is 0 Å². The molecule has 1 saturated carbocycles. The Hall–Kier alpha value is -7.59. The maximum Gasteiger partial charge on any atom is 0.472 e. The van der Waals surface area contributed by atoms with E-state index in [0.29, 0.717) is 12.8 Å². The van der Waals surface area contributed by atoms with Gasteiger partial charge >= 0.3 is 19.8 Å². The highest BCUT2D eigenvalue weighted by Gasteiger charge is 2.60. The van der Waals surface area contributed by atoms with Crippen LogP contribution in [-0.4, -0.2) is 110 Å². The molecule has 1 aliphatic carbocycles. The van der Waals surface area contributed by atoms with Gasteiger partial charge in [0.25, 0.3) is 0 Å². The van der Waals surface area contributed by atoms with Gasteiger partial charge in [-0.05, 0) is 57.3 Å². The lowest BCUT2D eigenvalue weighted by molar-refractivity contribution is -0.362. The Kier molecular flexibility index (Phi) is 45.8. The molecule has 0 bridgehead atoms. The minimum atomic E-state index is -5.52. The molecule has 0 radical (unpaired) electrons. The van der Waals surface area contributed by atoms with Gasteiger partial charge in [0.1, 0.15) is 67.6 Å². The number of carbonyl (C=O) groups is 2. The van der Waals surface area contributed by atoms with Gasteiger partial charge in [-0.2, -0.15) is 0 Å². The third-order valence-electron chi connectivity index (χ3n) is 22.6. The van der Waals surface area contributed by atoms with E-state index >= 15 is 4.57 Å². The fraction of sp³-hybridized carbons (Fsp3) is 0.515. The second-order valence-corrected chi connectivity index (χ2v) is 34.0. The van der Waals surface area contributed by atoms with Gasteiger partial charge in [-0.1, -0.05) is 411 Å². The van der Waals surface area contributed by atoms with E-state index in [9.17, 15) is 14.5 Å². The van der Waals surface area contributed by atoms with Crippen LogP contribution in [-0.2, 0) is 133 Å². The molecule has 1 aliphatic heterocycles. The normalized spacial score (nSPS) is 20.4. The molecular weight excluding hydrogens is 1560 g/mol. The molecule has 2 aliphatic rings. The van der Waals surface area contributed by atoms with Gasteiger partial charge in [-0.15, -0.1) is 0 Å². The zero-order chi connectivity index (χ0) is 85.0. The number of ether oxygens (including phenoxy) is 12. The highest BCUT2D eigenvalue weighted by atomic mass is 31.2. The maximum absolute atomic E-state index is 16.0. The standard InChI is InChI=1S/C103H137O18P/c1-3-5-7-9-11-13-15-17-19-21-23-25-51-69-92(104)109-79-90(118-93(105)70-52-26-24-22-20-18-16-14-12-10-8-6-4-2)80-117-122(106,107)121-101-99(115-77-88-65-47-33-48-66-88)97(113-75-86-61-43-31-44-62-86)96(112-74-85-59-41-30-42-60-85)98(114-76-87-63-45-32-46-64-87)100(101)120-103-102(116-78-89-67-49-34-50-68-89)95(111-73-84-57-39-29-40-58-84)94(110-72-83-55-37-28-38-56-83)91(119-103)81-108-71-82-53-35-27-36-54-82/h27-50,53-68,90-91,94-103H,3-26,51-52,69-81H2,1-2H3,(H,106,107)/t90-,91-,94-,95+,96-,97-,98+,99-,100-,101-,102-,103-/m1/s1. The number of hydrogen-bond acceptors (Lipinski definition) is 17. The molecular formula is C103H137O18P. The average Bonchev–Trinajstić information content (AvgIpc) is 0.748. The van der Waals surface area contributed by atoms with Crippen molar-refractivity contribution in [2.75, 3.05) is 19.8 Å². The Morgan fingerprint density at radius 3 is 0.926 bits per heavy atom. The van der Waals surface area contributed by atoms with Crippen LogP contribution in [0.3, 0.4) is 0 Å². The van der Waals surface area contributed by atoms with Crippen molar-refractivity contribution in [2.45, 2.75) is 320 Å². The summed E-state index contributed by atoms with van der Waals surface area (Å²) in [5.41, 5.74) is 6.72. The molecule has 0 amide bonds. The van der Waals surface area contributed by atoms with Crippen LogP contribution in [0.5, 0.6) is 0 Å². The van der Waals surface area contributed by atoms with E-state index in [-0.39, 0.29) is 72.3 Å². The molecule has 1 saturated heterocycles. The molecule has 18 nitrogen and oxygen atoms in total. The van der Waals surface area contributed by atoms with Crippen LogP contribution in [0.4, 0.5) is 0 Å². The van der Waals surface area contributed by atoms with E-state index in [1.807, 2.05) is 243 Å². The van der Waals surface area contributed by atoms with Crippen molar-refractivity contribution in [3.8, 4) is 0 Å². The van der Waals surface area contributed by atoms with E-state index in [0.717, 1.165) is 95.9 Å². The smallest absolute Gasteiger partial charge is 0.462 e. The van der Waals surface area contributed by atoms with Gasteiger partial charge in [0, 0.05) is 12.8 Å². The third-order valence-corrected chi connectivity index (χ3v) is 23.6. The summed E-state index contributed by atoms with van der Waals surface area (Å²) in [6, 6.07) is 78.0. The first-order valence-corrected chi connectivity index (χ1v) is 47.1. The molecule has 8 aromatic rings. The van der Waals surface area contributed by atoms with Crippen LogP contribution in [0.1, 0.15) is 238 Å². The molecule has 0 aromatic heterocycles. The molecule has 1 heterocycles. The maximum atomic E-state index is 16.0. The SMILES string of the molecule is CCCCCCCCCCCCCCCC(=O)OC[C@H](COP(=O)(O)O[C@@H]1[C@H](OCc2ccccc2)[C@H](OCc2ccccc2)[C@@H](OCc2ccccc2)[C@H](OCc2ccccc2)[C@H]1O[C@H]1O[C@H](COCc2ccccc2)[C@@H](OCc2ccccc2)[C@H](OCc2ccccc2)[C@H]1OCc1ccccc1)OC(=O)CCCCCCCCCCCCCCC. The topological polar surface area (TPSA) is 201 Å². The zero-order valence-electron chi connectivity index (χ0n) is 72.4. The summed E-state index contributed by atoms with van der Waals surface area (Å²) in [4.78, 5) is 40.9. The van der Waals surface area contributed by atoms with E-state index in [1.54, 1.807) is 0 Å². The number of unbranched alkanes of at least 4 members (excludes halogenated alkanes) is 24. The molecule has 19 heteroatoms. The summed E-state index contributed by atoms with van der Waals surface area (Å²) in [6.45, 7) is 3.75. The molecule has 662 valence electrons. The van der Waals surface area contributed by atoms with Crippen molar-refractivity contribution in [2.24, 2.45) is 0 Å². The third kappa shape index (κ3) is 36.5. The fourth-order valence-corrected chi connectivity index (χ4v) is 16.8. The summed E-state index contributed by atoms with van der Waals surface area (Å²) in [6.07, 6.45) is 14.7. The highest BCUT2D eigenvalue weighted by molar-refractivity contribution is 7.47. The molecule has 8 aromatic carbocycles. The quantitative estimate of drug-likeness (QED) is 0.0214. The van der Waals surface area contributed by atoms with Crippen LogP contribution in [0.2, 0.25) is 0 Å². The van der Waals surface area contributed by atoms with Crippen molar-refractivity contribution < 1.29 is 84.9 Å². The van der Waals surface area contributed by atoms with Crippen LogP contribution >= 0.6 is 7.82 Å². The summed E-state index contributed by atoms with van der Waals surface area (Å²) in [5, 5.41) is 0. The number of phosphoric acid groups is 1. The van der Waals surface area contributed by atoms with Gasteiger partial charge in [0.05, 0.1) is 66.1 Å². The van der Waals surface area contributed by atoms with Crippen LogP contribution < -0.4 is 0 Å². The molecule has 2 fully saturated rings. The first-order valence-electron chi connectivity index (χ1n) is 45.6. The molecule has 13 atom stereocenters. The van der Waals surface area contributed by atoms with Gasteiger partial charge in [-0.25, -0.2) is 4.57 Å². The predicted octanol–water partition coefficient (Wildman–Crippen LogP) is 23.3. The Morgan fingerprint density at radius 2 is 0.590 bits per heavy atom. The summed E-state index contributed by atoms with van der Waals surface area (Å²) < 4.78 is 114. The van der Waals surface area contributed by atoms with Crippen molar-refractivity contribution in [3.63, 3.8) is 0 Å². The first kappa shape index (κ1) is 96.6. The number of benzene rings is 8. The number of carbonyl (C=O) groups excluding carboxylic acids is 2. The lowest BCUT2D eigenvalue weighted by Gasteiger charge is -2.52. The van der Waals surface area contributed by atoms with Gasteiger partial charge in [0.15, 0.2) is 12.4 Å². The van der Waals surface area contributed by atoms with Crippen LogP contribution in [0, 0.1) is 0 Å². The zero-order valence-corrected chi connectivity index (χ0v) is 73.3. The molecule has 1 N–H and O–H groups in total. The molecule has 1 unspecified atom stereocenters. The molecule has 10 rings (SSSR count). The van der Waals surface area contributed by atoms with Gasteiger partial charge in [0.2, 0.25) is 0 Å². The minimum Gasteiger partial charge on any atom is -0.462 e. The fourth-order valence-electron chi connectivity index (χ4n) is 15.8. The second-order valence-electron chi connectivity index (χ2n) is 32.6. The lowest BCUT2D eigenvalue weighted by Crippen LogP contribution is -2.69. The summed E-state index contributed by atoms with van der Waals surface area (Å²) in [5.74, 6) is -1.04. The second kappa shape index (κ2) is 57.8. The van der Waals surface area contributed by atoms with Crippen molar-refractivity contribution >= 4 is 19.8 Å². The molecule has 0 spiro atoms. The summed E-state index contributed by atoms with van der Waals surface area (Å²) >= 11 is 0. The van der Waals surface area contributed by atoms with Crippen molar-refractivity contribution in [3.05, 3.63) is 287 Å². The van der Waals surface area contributed by atoms with E-state index in [2.05, 4.69) is 13.8 Å². The minimum absolute atomic E-state index is 0.0138. The Labute approximate surface area is 727 Å². The number of hydrogen-bond donors (Lipinski definition) is 1. The summed E-state index contributed by atoms with van der Waals surface area (Å²) in [7, 11) is -5.52. The van der Waals surface area contributed by atoms with Crippen molar-refractivity contribution in [1.29, 1.82) is 0 Å². The van der Waals surface area contributed by atoms with Gasteiger partial charge in [-0.3, -0.25) is 18.6 Å². The Bertz CT molecular complexity index is 4030. The lowest BCUT2D eigenvalue weighted by atomic mass is 9.83. The monoisotopic (exact) mass is 1690 g/mol. The Balaban J connectivity index is 1.02. The Morgan fingerprint density at radius 1 is 0.320 bits per heavy atom. The van der Waals surface area contributed by atoms with Crippen molar-refractivity contribution in [1.82, 2.24) is 0 Å². The number of rotatable bonds is 63. The van der Waals surface area contributed by atoms with E-state index < -0.39 is 106 Å². The number of esters is 2. The largest absolute Gasteiger partial charge is 0.472 e. The van der Waals surface area contributed by atoms with Gasteiger partial charge < -0.3 is 61.7 Å². The number of phosphoric ester groups is 1.